The third-order valence-electron chi connectivity index (χ3n) is 3.40. The van der Waals surface area contributed by atoms with E-state index in [9.17, 15) is 18.0 Å². The van der Waals surface area contributed by atoms with E-state index in [0.717, 1.165) is 4.31 Å². The van der Waals surface area contributed by atoms with Crippen LogP contribution < -0.4 is 9.62 Å². The molecule has 0 bridgehead atoms. The molecule has 118 valence electrons. The third kappa shape index (κ3) is 2.64. The van der Waals surface area contributed by atoms with Crippen molar-refractivity contribution < 1.29 is 23.1 Å². The molecule has 0 saturated heterocycles. The van der Waals surface area contributed by atoms with E-state index in [0.29, 0.717) is 0 Å². The number of para-hydroxylation sites is 1. The van der Waals surface area contributed by atoms with Crippen molar-refractivity contribution >= 4 is 33.3 Å². The molecule has 0 saturated carbocycles. The number of fused-ring (bicyclic) bond motifs is 1. The molecule has 0 atom stereocenters. The van der Waals surface area contributed by atoms with E-state index in [4.69, 9.17) is 5.11 Å². The number of anilines is 2. The molecule has 1 heterocycles. The van der Waals surface area contributed by atoms with Gasteiger partial charge < -0.3 is 10.4 Å². The molecule has 0 aromatic heterocycles. The van der Waals surface area contributed by atoms with Gasteiger partial charge in [0, 0.05) is 0 Å². The summed E-state index contributed by atoms with van der Waals surface area (Å²) in [6.45, 7) is -0.430. The Kier molecular flexibility index (Phi) is 3.53. The Balaban J connectivity index is 2.18. The van der Waals surface area contributed by atoms with Gasteiger partial charge in [-0.3, -0.25) is 9.10 Å². The number of carbonyl (C=O) groups is 2. The minimum Gasteiger partial charge on any atom is -0.478 e. The number of nitrogens with zero attached hydrogens (tertiary/aromatic N) is 1. The molecule has 1 aliphatic heterocycles. The number of amides is 1. The summed E-state index contributed by atoms with van der Waals surface area (Å²) in [5, 5.41) is 11.6. The lowest BCUT2D eigenvalue weighted by molar-refractivity contribution is -0.114. The van der Waals surface area contributed by atoms with Crippen molar-refractivity contribution in [2.75, 3.05) is 16.2 Å². The van der Waals surface area contributed by atoms with Crippen molar-refractivity contribution in [3.8, 4) is 0 Å². The van der Waals surface area contributed by atoms with Crippen molar-refractivity contribution in [2.24, 2.45) is 0 Å². The summed E-state index contributed by atoms with van der Waals surface area (Å²) >= 11 is 0. The number of nitrogens with one attached hydrogen (secondary N) is 1. The summed E-state index contributed by atoms with van der Waals surface area (Å²) in [4.78, 5) is 23.0. The number of carboxylic acid groups (broad SMARTS) is 1. The first-order valence-corrected chi connectivity index (χ1v) is 8.08. The summed E-state index contributed by atoms with van der Waals surface area (Å²) < 4.78 is 26.6. The van der Waals surface area contributed by atoms with Gasteiger partial charge in [-0.25, -0.2) is 13.2 Å². The highest BCUT2D eigenvalue weighted by atomic mass is 32.2. The lowest BCUT2D eigenvalue weighted by Gasteiger charge is -2.21. The SMILES string of the molecule is O=C1CN(c2cccc(C(=O)O)c2)S(=O)(=O)c2ccccc2N1. The fourth-order valence-corrected chi connectivity index (χ4v) is 3.91. The summed E-state index contributed by atoms with van der Waals surface area (Å²) in [5.74, 6) is -1.68. The van der Waals surface area contributed by atoms with E-state index in [2.05, 4.69) is 5.32 Å². The van der Waals surface area contributed by atoms with E-state index in [1.54, 1.807) is 12.1 Å². The molecule has 0 fully saturated rings. The molecular formula is C15H12N2O5S. The Morgan fingerprint density at radius 2 is 1.87 bits per heavy atom. The molecule has 1 aliphatic rings. The summed E-state index contributed by atoms with van der Waals surface area (Å²) in [7, 11) is -3.99. The first-order valence-electron chi connectivity index (χ1n) is 6.64. The fourth-order valence-electron chi connectivity index (χ4n) is 2.34. The number of aromatic carboxylic acids is 1. The molecule has 0 spiro atoms. The molecule has 0 aliphatic carbocycles. The Labute approximate surface area is 132 Å². The Hall–Kier alpha value is -2.87. The molecule has 3 rings (SSSR count). The van der Waals surface area contributed by atoms with Crippen LogP contribution in [-0.2, 0) is 14.8 Å². The predicted octanol–water partition coefficient (Wildman–Crippen LogP) is 1.53. The average Bonchev–Trinajstić information content (AvgIpc) is 2.62. The number of hydrogen-bond donors (Lipinski definition) is 2. The fraction of sp³-hybridized carbons (Fsp3) is 0.0667. The van der Waals surface area contributed by atoms with Crippen molar-refractivity contribution in [1.82, 2.24) is 0 Å². The number of carboxylic acids is 1. The van der Waals surface area contributed by atoms with Crippen LogP contribution in [0.5, 0.6) is 0 Å². The van der Waals surface area contributed by atoms with E-state index in [-0.39, 0.29) is 21.8 Å². The molecule has 7 nitrogen and oxygen atoms in total. The van der Waals surface area contributed by atoms with Crippen LogP contribution >= 0.6 is 0 Å². The molecular weight excluding hydrogens is 320 g/mol. The van der Waals surface area contributed by atoms with E-state index < -0.39 is 28.4 Å². The van der Waals surface area contributed by atoms with Crippen LogP contribution in [0.15, 0.2) is 53.4 Å². The van der Waals surface area contributed by atoms with Gasteiger partial charge in [0.2, 0.25) is 5.91 Å². The van der Waals surface area contributed by atoms with Crippen molar-refractivity contribution in [2.45, 2.75) is 4.90 Å². The van der Waals surface area contributed by atoms with Gasteiger partial charge in [0.1, 0.15) is 11.4 Å². The first kappa shape index (κ1) is 15.0. The minimum atomic E-state index is -3.99. The highest BCUT2D eigenvalue weighted by molar-refractivity contribution is 7.93. The quantitative estimate of drug-likeness (QED) is 0.868. The topological polar surface area (TPSA) is 104 Å². The zero-order valence-electron chi connectivity index (χ0n) is 11.8. The van der Waals surface area contributed by atoms with Crippen LogP contribution in [0.25, 0.3) is 0 Å². The Bertz CT molecular complexity index is 908. The minimum absolute atomic E-state index is 0.0356. The van der Waals surface area contributed by atoms with Crippen LogP contribution in [0.2, 0.25) is 0 Å². The van der Waals surface area contributed by atoms with Crippen molar-refractivity contribution in [3.63, 3.8) is 0 Å². The highest BCUT2D eigenvalue weighted by Gasteiger charge is 2.33. The normalized spacial score (nSPS) is 16.2. The van der Waals surface area contributed by atoms with Crippen molar-refractivity contribution in [3.05, 3.63) is 54.1 Å². The van der Waals surface area contributed by atoms with Gasteiger partial charge >= 0.3 is 5.97 Å². The van der Waals surface area contributed by atoms with Crippen LogP contribution in [0, 0.1) is 0 Å². The summed E-state index contributed by atoms with van der Waals surface area (Å²) in [6, 6.07) is 11.5. The van der Waals surface area contributed by atoms with Gasteiger partial charge in [-0.2, -0.15) is 0 Å². The van der Waals surface area contributed by atoms with E-state index >= 15 is 0 Å². The Morgan fingerprint density at radius 1 is 1.13 bits per heavy atom. The maximum atomic E-state index is 12.8. The zero-order chi connectivity index (χ0) is 16.6. The smallest absolute Gasteiger partial charge is 0.335 e. The molecule has 0 unspecified atom stereocenters. The molecule has 8 heteroatoms. The number of benzene rings is 2. The maximum Gasteiger partial charge on any atom is 0.335 e. The second kappa shape index (κ2) is 5.40. The van der Waals surface area contributed by atoms with Gasteiger partial charge in [0.25, 0.3) is 10.0 Å². The monoisotopic (exact) mass is 332 g/mol. The average molecular weight is 332 g/mol. The molecule has 2 N–H and O–H groups in total. The summed E-state index contributed by atoms with van der Waals surface area (Å²) in [5.41, 5.74) is 0.266. The molecule has 2 aromatic carbocycles. The molecule has 0 radical (unpaired) electrons. The predicted molar refractivity (Wildman–Crippen MR) is 83.0 cm³/mol. The second-order valence-corrected chi connectivity index (χ2v) is 6.74. The number of rotatable bonds is 2. The number of sulfonamides is 1. The van der Waals surface area contributed by atoms with E-state index in [1.807, 2.05) is 0 Å². The van der Waals surface area contributed by atoms with Crippen LogP contribution in [0.1, 0.15) is 10.4 Å². The Morgan fingerprint density at radius 3 is 2.61 bits per heavy atom. The van der Waals surface area contributed by atoms with Crippen molar-refractivity contribution in [1.29, 1.82) is 0 Å². The second-order valence-electron chi connectivity index (χ2n) is 4.91. The van der Waals surface area contributed by atoms with Gasteiger partial charge in [0.15, 0.2) is 0 Å². The third-order valence-corrected chi connectivity index (χ3v) is 5.23. The first-order chi connectivity index (χ1) is 10.9. The van der Waals surface area contributed by atoms with E-state index in [1.165, 1.54) is 36.4 Å². The van der Waals surface area contributed by atoms with Gasteiger partial charge in [-0.05, 0) is 30.3 Å². The van der Waals surface area contributed by atoms with Crippen LogP contribution in [0.4, 0.5) is 11.4 Å². The molecule has 1 amide bonds. The van der Waals surface area contributed by atoms with Gasteiger partial charge in [0.05, 0.1) is 16.9 Å². The largest absolute Gasteiger partial charge is 0.478 e. The number of carbonyl (C=O) groups excluding carboxylic acids is 1. The van der Waals surface area contributed by atoms with Crippen LogP contribution in [0.3, 0.4) is 0 Å². The van der Waals surface area contributed by atoms with Gasteiger partial charge in [-0.15, -0.1) is 0 Å². The lowest BCUT2D eigenvalue weighted by atomic mass is 10.2. The van der Waals surface area contributed by atoms with Gasteiger partial charge in [-0.1, -0.05) is 18.2 Å². The maximum absolute atomic E-state index is 12.8. The van der Waals surface area contributed by atoms with Crippen LogP contribution in [-0.4, -0.2) is 31.9 Å². The number of hydrogen-bond acceptors (Lipinski definition) is 4. The standard InChI is InChI=1S/C15H12N2O5S/c18-14-9-17(11-5-3-4-10(8-11)15(19)20)23(21,22)13-7-2-1-6-12(13)16-14/h1-8H,9H2,(H,16,18)(H,19,20). The lowest BCUT2D eigenvalue weighted by Crippen LogP contribution is -2.35. The summed E-state index contributed by atoms with van der Waals surface area (Å²) in [6.07, 6.45) is 0. The molecule has 2 aromatic rings. The molecule has 23 heavy (non-hydrogen) atoms. The zero-order valence-corrected chi connectivity index (χ0v) is 12.6. The highest BCUT2D eigenvalue weighted by Crippen LogP contribution is 2.31.